The number of hydrogen-bond acceptors (Lipinski definition) is 3. The van der Waals surface area contributed by atoms with Crippen molar-refractivity contribution in [1.82, 2.24) is 0 Å². The SMILES string of the molecule is Cc1ccc(C(CN)C(O)CCC2CCCCO2)cc1. The van der Waals surface area contributed by atoms with Gasteiger partial charge in [0.2, 0.25) is 0 Å². The number of aliphatic hydroxyl groups is 1. The molecule has 0 aliphatic carbocycles. The van der Waals surface area contributed by atoms with Crippen molar-refractivity contribution in [1.29, 1.82) is 0 Å². The molecule has 0 bridgehead atoms. The Kier molecular flexibility index (Phi) is 6.02. The van der Waals surface area contributed by atoms with Crippen LogP contribution in [0.25, 0.3) is 0 Å². The predicted molar refractivity (Wildman–Crippen MR) is 81.8 cm³/mol. The Balaban J connectivity index is 1.87. The minimum atomic E-state index is -0.381. The fraction of sp³-hybridized carbons (Fsp3) is 0.647. The standard InChI is InChI=1S/C17H27NO2/c1-13-5-7-14(8-6-13)16(12-18)17(19)10-9-15-4-2-3-11-20-15/h5-8,15-17,19H,2-4,9-12,18H2,1H3. The molecule has 0 aromatic heterocycles. The maximum atomic E-state index is 10.4. The van der Waals surface area contributed by atoms with E-state index in [4.69, 9.17) is 10.5 Å². The third-order valence-electron chi connectivity index (χ3n) is 4.28. The Hall–Kier alpha value is -0.900. The van der Waals surface area contributed by atoms with Crippen molar-refractivity contribution in [3.05, 3.63) is 35.4 Å². The predicted octanol–water partition coefficient (Wildman–Crippen LogP) is 2.75. The molecule has 1 heterocycles. The highest BCUT2D eigenvalue weighted by Crippen LogP contribution is 2.25. The van der Waals surface area contributed by atoms with Gasteiger partial charge in [-0.05, 0) is 44.6 Å². The van der Waals surface area contributed by atoms with Crippen molar-refractivity contribution in [2.75, 3.05) is 13.2 Å². The van der Waals surface area contributed by atoms with Gasteiger partial charge in [-0.2, -0.15) is 0 Å². The zero-order valence-corrected chi connectivity index (χ0v) is 12.4. The van der Waals surface area contributed by atoms with E-state index < -0.39 is 0 Å². The van der Waals surface area contributed by atoms with Crippen LogP contribution in [0.3, 0.4) is 0 Å². The molecule has 0 amide bonds. The largest absolute Gasteiger partial charge is 0.392 e. The first-order chi connectivity index (χ1) is 9.70. The van der Waals surface area contributed by atoms with Crippen LogP contribution in [0.5, 0.6) is 0 Å². The van der Waals surface area contributed by atoms with Crippen LogP contribution in [0.2, 0.25) is 0 Å². The van der Waals surface area contributed by atoms with Crippen LogP contribution in [0.4, 0.5) is 0 Å². The van der Waals surface area contributed by atoms with Gasteiger partial charge in [0.1, 0.15) is 0 Å². The van der Waals surface area contributed by atoms with Gasteiger partial charge in [-0.15, -0.1) is 0 Å². The van der Waals surface area contributed by atoms with E-state index in [-0.39, 0.29) is 12.0 Å². The first-order valence-electron chi connectivity index (χ1n) is 7.77. The number of ether oxygens (including phenoxy) is 1. The van der Waals surface area contributed by atoms with Crippen molar-refractivity contribution >= 4 is 0 Å². The zero-order valence-electron chi connectivity index (χ0n) is 12.4. The average molecular weight is 277 g/mol. The van der Waals surface area contributed by atoms with Gasteiger partial charge in [-0.25, -0.2) is 0 Å². The molecular formula is C17H27NO2. The summed E-state index contributed by atoms with van der Waals surface area (Å²) in [6, 6.07) is 8.31. The lowest BCUT2D eigenvalue weighted by Gasteiger charge is -2.26. The third-order valence-corrected chi connectivity index (χ3v) is 4.28. The fourth-order valence-corrected chi connectivity index (χ4v) is 2.92. The van der Waals surface area contributed by atoms with Crippen LogP contribution in [0.15, 0.2) is 24.3 Å². The molecule has 0 radical (unpaired) electrons. The summed E-state index contributed by atoms with van der Waals surface area (Å²) in [6.45, 7) is 3.42. The first-order valence-corrected chi connectivity index (χ1v) is 7.77. The van der Waals surface area contributed by atoms with E-state index in [2.05, 4.69) is 31.2 Å². The Labute approximate surface area is 122 Å². The summed E-state index contributed by atoms with van der Waals surface area (Å²) in [5, 5.41) is 10.4. The van der Waals surface area contributed by atoms with Gasteiger partial charge in [0.05, 0.1) is 12.2 Å². The minimum Gasteiger partial charge on any atom is -0.392 e. The molecule has 0 spiro atoms. The lowest BCUT2D eigenvalue weighted by atomic mass is 9.89. The quantitative estimate of drug-likeness (QED) is 0.840. The fourth-order valence-electron chi connectivity index (χ4n) is 2.92. The number of aryl methyl sites for hydroxylation is 1. The van der Waals surface area contributed by atoms with Crippen molar-refractivity contribution < 1.29 is 9.84 Å². The molecule has 1 aliphatic rings. The van der Waals surface area contributed by atoms with Crippen molar-refractivity contribution in [2.24, 2.45) is 5.73 Å². The molecule has 1 fully saturated rings. The Bertz CT molecular complexity index is 384. The van der Waals surface area contributed by atoms with E-state index in [0.29, 0.717) is 12.6 Å². The van der Waals surface area contributed by atoms with E-state index in [1.165, 1.54) is 18.4 Å². The third kappa shape index (κ3) is 4.30. The summed E-state index contributed by atoms with van der Waals surface area (Å²) in [5.41, 5.74) is 8.23. The number of nitrogens with two attached hydrogens (primary N) is 1. The molecule has 2 rings (SSSR count). The van der Waals surface area contributed by atoms with E-state index in [9.17, 15) is 5.11 Å². The lowest BCUT2D eigenvalue weighted by Crippen LogP contribution is -2.28. The Morgan fingerprint density at radius 1 is 1.30 bits per heavy atom. The molecule has 1 aliphatic heterocycles. The van der Waals surface area contributed by atoms with Gasteiger partial charge in [0.25, 0.3) is 0 Å². The van der Waals surface area contributed by atoms with Crippen molar-refractivity contribution in [2.45, 2.75) is 57.2 Å². The summed E-state index contributed by atoms with van der Waals surface area (Å²) in [5.74, 6) is 0.0270. The number of benzene rings is 1. The molecule has 112 valence electrons. The second kappa shape index (κ2) is 7.77. The van der Waals surface area contributed by atoms with Gasteiger partial charge >= 0.3 is 0 Å². The zero-order chi connectivity index (χ0) is 14.4. The summed E-state index contributed by atoms with van der Waals surface area (Å²) >= 11 is 0. The van der Waals surface area contributed by atoms with Crippen molar-refractivity contribution in [3.63, 3.8) is 0 Å². The topological polar surface area (TPSA) is 55.5 Å². The van der Waals surface area contributed by atoms with Crippen LogP contribution in [0, 0.1) is 6.92 Å². The molecule has 20 heavy (non-hydrogen) atoms. The van der Waals surface area contributed by atoms with Crippen LogP contribution >= 0.6 is 0 Å². The second-order valence-electron chi connectivity index (χ2n) is 5.89. The maximum absolute atomic E-state index is 10.4. The molecule has 1 aromatic rings. The molecule has 0 saturated carbocycles. The van der Waals surface area contributed by atoms with E-state index in [1.54, 1.807) is 0 Å². The van der Waals surface area contributed by atoms with Gasteiger partial charge in [-0.1, -0.05) is 29.8 Å². The molecule has 3 unspecified atom stereocenters. The Morgan fingerprint density at radius 2 is 2.05 bits per heavy atom. The Morgan fingerprint density at radius 3 is 2.65 bits per heavy atom. The smallest absolute Gasteiger partial charge is 0.0621 e. The molecule has 3 atom stereocenters. The lowest BCUT2D eigenvalue weighted by molar-refractivity contribution is 0.000432. The van der Waals surface area contributed by atoms with Crippen LogP contribution in [0.1, 0.15) is 49.1 Å². The molecule has 1 aromatic carbocycles. The monoisotopic (exact) mass is 277 g/mol. The second-order valence-corrected chi connectivity index (χ2v) is 5.89. The molecule has 3 heteroatoms. The minimum absolute atomic E-state index is 0.0270. The number of rotatable bonds is 6. The highest BCUT2D eigenvalue weighted by molar-refractivity contribution is 5.25. The molecular weight excluding hydrogens is 250 g/mol. The van der Waals surface area contributed by atoms with Gasteiger partial charge in [-0.3, -0.25) is 0 Å². The van der Waals surface area contributed by atoms with Crippen LogP contribution in [-0.2, 0) is 4.74 Å². The van der Waals surface area contributed by atoms with Crippen molar-refractivity contribution in [3.8, 4) is 0 Å². The van der Waals surface area contributed by atoms with Crippen LogP contribution < -0.4 is 5.73 Å². The molecule has 1 saturated heterocycles. The summed E-state index contributed by atoms with van der Waals surface area (Å²) in [4.78, 5) is 0. The van der Waals surface area contributed by atoms with E-state index in [1.807, 2.05) is 0 Å². The van der Waals surface area contributed by atoms with Gasteiger partial charge < -0.3 is 15.6 Å². The normalized spacial score (nSPS) is 22.4. The van der Waals surface area contributed by atoms with E-state index >= 15 is 0 Å². The highest BCUT2D eigenvalue weighted by atomic mass is 16.5. The molecule has 3 nitrogen and oxygen atoms in total. The molecule has 3 N–H and O–H groups in total. The highest BCUT2D eigenvalue weighted by Gasteiger charge is 2.22. The summed E-state index contributed by atoms with van der Waals surface area (Å²) in [7, 11) is 0. The van der Waals surface area contributed by atoms with E-state index in [0.717, 1.165) is 31.4 Å². The summed E-state index contributed by atoms with van der Waals surface area (Å²) < 4.78 is 5.72. The first kappa shape index (κ1) is 15.5. The average Bonchev–Trinajstić information content (AvgIpc) is 2.49. The number of hydrogen-bond donors (Lipinski definition) is 2. The number of aliphatic hydroxyl groups excluding tert-OH is 1. The maximum Gasteiger partial charge on any atom is 0.0621 e. The summed E-state index contributed by atoms with van der Waals surface area (Å²) in [6.07, 6.45) is 5.20. The van der Waals surface area contributed by atoms with Gasteiger partial charge in [0, 0.05) is 19.1 Å². The van der Waals surface area contributed by atoms with Gasteiger partial charge in [0.15, 0.2) is 0 Å². The van der Waals surface area contributed by atoms with Crippen LogP contribution in [-0.4, -0.2) is 30.5 Å².